The molecule has 0 aliphatic rings. The van der Waals surface area contributed by atoms with Gasteiger partial charge in [0.15, 0.2) is 23.3 Å². The van der Waals surface area contributed by atoms with Crippen LogP contribution in [0.3, 0.4) is 0 Å². The molecule has 0 spiro atoms. The van der Waals surface area contributed by atoms with Crippen LogP contribution < -0.4 is 4.74 Å². The Bertz CT molecular complexity index is 1810. The lowest BCUT2D eigenvalue weighted by molar-refractivity contribution is -0.143. The maximum Gasteiger partial charge on any atom is 0.422 e. The van der Waals surface area contributed by atoms with Crippen molar-refractivity contribution in [1.82, 2.24) is 0 Å². The highest BCUT2D eigenvalue weighted by Crippen LogP contribution is 2.49. The highest BCUT2D eigenvalue weighted by atomic mass is 19.4. The van der Waals surface area contributed by atoms with Gasteiger partial charge in [-0.25, -0.2) is 35.1 Å². The number of alkyl halides is 3. The summed E-state index contributed by atoms with van der Waals surface area (Å²) in [5, 5.41) is -2.95. The summed E-state index contributed by atoms with van der Waals surface area (Å²) < 4.78 is 165. The summed E-state index contributed by atoms with van der Waals surface area (Å²) in [4.78, 5) is 0. The zero-order valence-corrected chi connectivity index (χ0v) is 19.7. The van der Waals surface area contributed by atoms with Crippen molar-refractivity contribution in [2.45, 2.75) is 6.18 Å². The van der Waals surface area contributed by atoms with E-state index < -0.39 is 96.7 Å². The van der Waals surface area contributed by atoms with Gasteiger partial charge in [0.1, 0.15) is 34.6 Å². The van der Waals surface area contributed by atoms with Gasteiger partial charge in [0, 0.05) is 34.0 Å². The molecule has 0 unspecified atom stereocenters. The van der Waals surface area contributed by atoms with E-state index >= 15 is 26.3 Å². The molecule has 5 aromatic rings. The van der Waals surface area contributed by atoms with Crippen molar-refractivity contribution in [2.75, 3.05) is 7.11 Å². The van der Waals surface area contributed by atoms with Crippen LogP contribution >= 0.6 is 0 Å². The summed E-state index contributed by atoms with van der Waals surface area (Å²) in [6.45, 7) is 0. The molecule has 5 rings (SSSR count). The molecule has 0 N–H and O–H groups in total. The van der Waals surface area contributed by atoms with Crippen molar-refractivity contribution in [2.24, 2.45) is 0 Å². The van der Waals surface area contributed by atoms with Crippen LogP contribution in [-0.2, 0) is 6.18 Å². The molecule has 0 amide bonds. The Kier molecular flexibility index (Phi) is 6.39. The van der Waals surface area contributed by atoms with Gasteiger partial charge in [-0.05, 0) is 22.9 Å². The Morgan fingerprint density at radius 2 is 0.950 bits per heavy atom. The first-order valence-electron chi connectivity index (χ1n) is 11.1. The zero-order valence-electron chi connectivity index (χ0n) is 19.7. The molecule has 0 atom stereocenters. The second-order valence-electron chi connectivity index (χ2n) is 8.54. The predicted octanol–water partition coefficient (Wildman–Crippen LogP) is 9.47. The second kappa shape index (κ2) is 9.39. The first-order valence-corrected chi connectivity index (χ1v) is 11.1. The van der Waals surface area contributed by atoms with E-state index in [1.807, 2.05) is 0 Å². The van der Waals surface area contributed by atoms with Crippen molar-refractivity contribution < 1.29 is 53.0 Å². The van der Waals surface area contributed by atoms with E-state index in [9.17, 15) is 22.0 Å². The first-order chi connectivity index (χ1) is 18.8. The third-order valence-corrected chi connectivity index (χ3v) is 6.37. The number of benzene rings is 5. The average molecular weight is 572 g/mol. The maximum atomic E-state index is 15.4. The highest BCUT2D eigenvalue weighted by Gasteiger charge is 2.43. The molecule has 0 aliphatic heterocycles. The largest absolute Gasteiger partial charge is 0.497 e. The molecule has 0 heterocycles. The van der Waals surface area contributed by atoms with Crippen LogP contribution in [0.15, 0.2) is 48.5 Å². The van der Waals surface area contributed by atoms with Crippen molar-refractivity contribution in [3.63, 3.8) is 0 Å². The molecule has 0 saturated heterocycles. The summed E-state index contributed by atoms with van der Waals surface area (Å²) in [7, 11) is 1.11. The third kappa shape index (κ3) is 3.92. The monoisotopic (exact) mass is 572 g/mol. The van der Waals surface area contributed by atoms with Gasteiger partial charge >= 0.3 is 6.18 Å². The molecule has 0 aliphatic carbocycles. The smallest absolute Gasteiger partial charge is 0.422 e. The minimum atomic E-state index is -5.86. The molecule has 1 nitrogen and oxygen atoms in total. The Balaban J connectivity index is 2.08. The fourth-order valence-electron chi connectivity index (χ4n) is 4.76. The summed E-state index contributed by atoms with van der Waals surface area (Å²) >= 11 is 0. The van der Waals surface area contributed by atoms with Crippen LogP contribution in [-0.4, -0.2) is 7.11 Å². The minimum absolute atomic E-state index is 0.282. The second-order valence-corrected chi connectivity index (χ2v) is 8.54. The molecular formula is C28H11F11O. The molecule has 0 saturated carbocycles. The molecule has 40 heavy (non-hydrogen) atoms. The number of rotatable bonds is 3. The lowest BCUT2D eigenvalue weighted by atomic mass is 9.84. The van der Waals surface area contributed by atoms with Gasteiger partial charge in [-0.15, -0.1) is 0 Å². The van der Waals surface area contributed by atoms with E-state index in [0.29, 0.717) is 12.1 Å². The van der Waals surface area contributed by atoms with Gasteiger partial charge in [0.2, 0.25) is 0 Å². The van der Waals surface area contributed by atoms with Crippen LogP contribution in [0.2, 0.25) is 0 Å². The van der Waals surface area contributed by atoms with Crippen LogP contribution in [0.25, 0.3) is 43.8 Å². The fourth-order valence-corrected chi connectivity index (χ4v) is 4.76. The van der Waals surface area contributed by atoms with Gasteiger partial charge in [-0.1, -0.05) is 24.3 Å². The summed E-state index contributed by atoms with van der Waals surface area (Å²) in [6.07, 6.45) is -5.86. The molecule has 0 aromatic heterocycles. The summed E-state index contributed by atoms with van der Waals surface area (Å²) in [5.74, 6) is -16.5. The Morgan fingerprint density at radius 1 is 0.525 bits per heavy atom. The lowest BCUT2D eigenvalue weighted by Crippen LogP contribution is -2.16. The molecule has 0 bridgehead atoms. The lowest BCUT2D eigenvalue weighted by Gasteiger charge is -2.21. The van der Waals surface area contributed by atoms with E-state index in [0.717, 1.165) is 31.4 Å². The number of methoxy groups -OCH3 is 1. The van der Waals surface area contributed by atoms with Crippen LogP contribution in [0.5, 0.6) is 5.75 Å². The molecular weight excluding hydrogens is 561 g/mol. The topological polar surface area (TPSA) is 9.23 Å². The number of fused-ring (bicyclic) bond motifs is 2. The van der Waals surface area contributed by atoms with E-state index in [1.165, 1.54) is 12.1 Å². The van der Waals surface area contributed by atoms with Gasteiger partial charge < -0.3 is 4.74 Å². The number of halogens is 11. The van der Waals surface area contributed by atoms with Crippen LogP contribution in [0.1, 0.15) is 5.56 Å². The van der Waals surface area contributed by atoms with Crippen molar-refractivity contribution >= 4 is 21.5 Å². The van der Waals surface area contributed by atoms with Gasteiger partial charge in [-0.3, -0.25) is 0 Å². The first kappa shape index (κ1) is 27.2. The van der Waals surface area contributed by atoms with Crippen molar-refractivity contribution in [3.05, 3.63) is 101 Å². The standard InChI is InChI=1S/C28H11F11O/c1-40-10-8-15(31)19(16(32)9-10)17-11-4-2-3-5-12(11)18(21-14(30)7-6-13(29)20(17)21)22-24(33)26(35)23(28(37,38)39)27(36)25(22)34/h2-9H,1H3. The van der Waals surface area contributed by atoms with E-state index in [-0.39, 0.29) is 11.1 Å². The van der Waals surface area contributed by atoms with Gasteiger partial charge in [0.05, 0.1) is 18.2 Å². The third-order valence-electron chi connectivity index (χ3n) is 6.37. The Labute approximate surface area is 217 Å². The zero-order chi connectivity index (χ0) is 29.3. The normalized spacial score (nSPS) is 12.0. The van der Waals surface area contributed by atoms with Gasteiger partial charge in [-0.2, -0.15) is 13.2 Å². The van der Waals surface area contributed by atoms with E-state index in [4.69, 9.17) is 4.74 Å². The molecule has 12 heteroatoms. The number of hydrogen-bond donors (Lipinski definition) is 0. The van der Waals surface area contributed by atoms with Crippen molar-refractivity contribution in [3.8, 4) is 28.0 Å². The maximum absolute atomic E-state index is 15.4. The number of hydrogen-bond acceptors (Lipinski definition) is 1. The summed E-state index contributed by atoms with van der Waals surface area (Å²) in [5.41, 5.74) is -7.29. The van der Waals surface area contributed by atoms with Crippen LogP contribution in [0, 0.1) is 46.5 Å². The molecule has 206 valence electrons. The van der Waals surface area contributed by atoms with Gasteiger partial charge in [0.25, 0.3) is 0 Å². The SMILES string of the molecule is COc1cc(F)c(-c2c3ccccc3c(-c3c(F)c(F)c(C(F)(F)F)c(F)c3F)c3c(F)ccc(F)c23)c(F)c1. The molecule has 0 fully saturated rings. The molecule has 5 aromatic carbocycles. The fraction of sp³-hybridized carbons (Fsp3) is 0.0714. The number of ether oxygens (including phenoxy) is 1. The summed E-state index contributed by atoms with van der Waals surface area (Å²) in [6, 6.07) is 6.98. The Morgan fingerprint density at radius 3 is 1.35 bits per heavy atom. The Hall–Kier alpha value is -4.35. The van der Waals surface area contributed by atoms with Crippen molar-refractivity contribution in [1.29, 1.82) is 0 Å². The van der Waals surface area contributed by atoms with E-state index in [2.05, 4.69) is 0 Å². The minimum Gasteiger partial charge on any atom is -0.497 e. The average Bonchev–Trinajstić information content (AvgIpc) is 2.89. The van der Waals surface area contributed by atoms with Crippen LogP contribution in [0.4, 0.5) is 48.3 Å². The quantitative estimate of drug-likeness (QED) is 0.119. The molecule has 0 radical (unpaired) electrons. The van der Waals surface area contributed by atoms with E-state index in [1.54, 1.807) is 0 Å². The highest BCUT2D eigenvalue weighted by molar-refractivity contribution is 6.21. The predicted molar refractivity (Wildman–Crippen MR) is 124 cm³/mol.